The molecule has 0 amide bonds. The van der Waals surface area contributed by atoms with Crippen molar-refractivity contribution in [3.05, 3.63) is 29.8 Å². The van der Waals surface area contributed by atoms with Crippen LogP contribution in [0.15, 0.2) is 29.2 Å². The SMILES string of the molecule is CC(C)(C)c1ccc(S(F)(F)(F)(F)I)cc1. The van der Waals surface area contributed by atoms with Gasteiger partial charge in [-0.1, -0.05) is 32.9 Å². The Bertz CT molecular complexity index is 398. The van der Waals surface area contributed by atoms with E-state index >= 15 is 0 Å². The molecule has 0 saturated carbocycles. The van der Waals surface area contributed by atoms with Gasteiger partial charge in [0.2, 0.25) is 7.01 Å². The van der Waals surface area contributed by atoms with Gasteiger partial charge < -0.3 is 0 Å². The predicted molar refractivity (Wildman–Crippen MR) is 69.5 cm³/mol. The van der Waals surface area contributed by atoms with Crippen LogP contribution in [-0.4, -0.2) is 0 Å². The smallest absolute Gasteiger partial charge is 0.112 e. The molecule has 1 aromatic rings. The molecule has 0 spiro atoms. The lowest BCUT2D eigenvalue weighted by molar-refractivity contribution is 0.489. The highest BCUT2D eigenvalue weighted by Gasteiger charge is 2.61. The lowest BCUT2D eigenvalue weighted by atomic mass is 9.87. The highest BCUT2D eigenvalue weighted by Crippen LogP contribution is 3.06. The lowest BCUT2D eigenvalue weighted by Crippen LogP contribution is -2.11. The average molecular weight is 368 g/mol. The zero-order valence-electron chi connectivity index (χ0n) is 9.11. The molecule has 1 rings (SSSR count). The number of hydrogen-bond acceptors (Lipinski definition) is 0. The van der Waals surface area contributed by atoms with Gasteiger partial charge in [0.25, 0.3) is 0 Å². The van der Waals surface area contributed by atoms with Gasteiger partial charge in [-0.3, -0.25) is 0 Å². The highest BCUT2D eigenvalue weighted by atomic mass is 127. The van der Waals surface area contributed by atoms with E-state index in [0.29, 0.717) is 0 Å². The van der Waals surface area contributed by atoms with E-state index in [0.717, 1.165) is 17.7 Å². The third kappa shape index (κ3) is 3.51. The molecule has 0 aromatic heterocycles. The summed E-state index contributed by atoms with van der Waals surface area (Å²) in [4.78, 5) is -1.19. The van der Waals surface area contributed by atoms with Crippen LogP contribution in [0.1, 0.15) is 26.3 Å². The fourth-order valence-corrected chi connectivity index (χ4v) is 2.74. The summed E-state index contributed by atoms with van der Waals surface area (Å²) in [6, 6.07) is 4.28. The molecule has 94 valence electrons. The van der Waals surface area contributed by atoms with Gasteiger partial charge in [0, 0.05) is 0 Å². The van der Waals surface area contributed by atoms with Crippen LogP contribution in [0.3, 0.4) is 0 Å². The second-order valence-electron chi connectivity index (χ2n) is 4.74. The van der Waals surface area contributed by atoms with E-state index in [-0.39, 0.29) is 26.6 Å². The summed E-state index contributed by atoms with van der Waals surface area (Å²) >= 11 is -0.00517. The standard InChI is InChI=1S/C10H13F4IS/c1-10(2,3)8-4-6-9(7-5-8)16(11,12,13,14)15/h4-7H,1-3H3. The zero-order chi connectivity index (χ0) is 12.9. The molecule has 1 aromatic carbocycles. The summed E-state index contributed by atoms with van der Waals surface area (Å²) in [6.07, 6.45) is 0. The molecule has 0 heterocycles. The van der Waals surface area contributed by atoms with E-state index in [9.17, 15) is 15.5 Å². The van der Waals surface area contributed by atoms with E-state index in [1.165, 1.54) is 12.1 Å². The molecular formula is C10H13F4IS. The van der Waals surface area contributed by atoms with Crippen molar-refractivity contribution in [1.82, 2.24) is 0 Å². The van der Waals surface area contributed by atoms with E-state index in [1.54, 1.807) is 0 Å². The van der Waals surface area contributed by atoms with Gasteiger partial charge in [-0.25, -0.2) is 0 Å². The van der Waals surface area contributed by atoms with Gasteiger partial charge in [-0.2, -0.15) is 0 Å². The lowest BCUT2D eigenvalue weighted by Gasteiger charge is -2.43. The molecule has 16 heavy (non-hydrogen) atoms. The Labute approximate surface area is 104 Å². The predicted octanol–water partition coefficient (Wildman–Crippen LogP) is 6.11. The normalized spacial score (nSPS) is 17.8. The third-order valence-electron chi connectivity index (χ3n) is 2.17. The Morgan fingerprint density at radius 3 is 1.56 bits per heavy atom. The van der Waals surface area contributed by atoms with Crippen molar-refractivity contribution in [1.29, 1.82) is 0 Å². The first-order valence-corrected chi connectivity index (χ1v) is 9.14. The van der Waals surface area contributed by atoms with Gasteiger partial charge in [-0.15, -0.1) is 15.5 Å². The Hall–Kier alpha value is 0.0200. The first-order chi connectivity index (χ1) is 6.70. The molecule has 0 nitrogen and oxygen atoms in total. The number of rotatable bonds is 1. The van der Waals surface area contributed by atoms with Crippen molar-refractivity contribution in [3.63, 3.8) is 0 Å². The minimum absolute atomic E-state index is 0.00517. The average Bonchev–Trinajstić information content (AvgIpc) is 1.99. The molecule has 0 saturated heterocycles. The van der Waals surface area contributed by atoms with Crippen LogP contribution in [0.5, 0.6) is 0 Å². The Balaban J connectivity index is 3.27. The van der Waals surface area contributed by atoms with Crippen molar-refractivity contribution in [2.24, 2.45) is 0 Å². The molecule has 0 radical (unpaired) electrons. The molecule has 0 aliphatic rings. The third-order valence-corrected chi connectivity index (χ3v) is 4.85. The summed E-state index contributed by atoms with van der Waals surface area (Å²) < 4.78 is 52.1. The van der Waals surface area contributed by atoms with Crippen LogP contribution in [0.2, 0.25) is 0 Å². The summed E-state index contributed by atoms with van der Waals surface area (Å²) in [6.45, 7) is 5.66. The second-order valence-corrected chi connectivity index (χ2v) is 12.5. The molecule has 0 fully saturated rings. The monoisotopic (exact) mass is 368 g/mol. The number of halogens is 5. The summed E-state index contributed by atoms with van der Waals surface area (Å²) in [5.41, 5.74) is 0.500. The van der Waals surface area contributed by atoms with Gasteiger partial charge >= 0.3 is 0 Å². The Kier molecular flexibility index (Phi) is 2.70. The molecule has 0 N–H and O–H groups in total. The van der Waals surface area contributed by atoms with Crippen molar-refractivity contribution in [2.75, 3.05) is 0 Å². The molecular weight excluding hydrogens is 355 g/mol. The van der Waals surface area contributed by atoms with E-state index in [4.69, 9.17) is 0 Å². The van der Waals surface area contributed by atoms with E-state index < -0.39 is 11.9 Å². The van der Waals surface area contributed by atoms with E-state index in [1.807, 2.05) is 20.8 Å². The Morgan fingerprint density at radius 1 is 0.938 bits per heavy atom. The maximum absolute atomic E-state index is 13.0. The quantitative estimate of drug-likeness (QED) is 0.415. The largest absolute Gasteiger partial charge is 0.228 e. The molecule has 0 atom stereocenters. The van der Waals surface area contributed by atoms with Crippen molar-refractivity contribution < 1.29 is 15.5 Å². The highest BCUT2D eigenvalue weighted by molar-refractivity contribution is 14.2. The van der Waals surface area contributed by atoms with Crippen molar-refractivity contribution >= 4 is 28.2 Å². The van der Waals surface area contributed by atoms with Crippen LogP contribution in [0.4, 0.5) is 15.5 Å². The molecule has 6 heteroatoms. The Morgan fingerprint density at radius 2 is 1.31 bits per heavy atom. The molecule has 0 aliphatic heterocycles. The maximum atomic E-state index is 13.0. The van der Waals surface area contributed by atoms with Crippen molar-refractivity contribution in [3.8, 4) is 0 Å². The fourth-order valence-electron chi connectivity index (χ4n) is 1.21. The van der Waals surface area contributed by atoms with Gasteiger partial charge in [-0.05, 0) is 23.1 Å². The first-order valence-electron chi connectivity index (χ1n) is 4.55. The summed E-state index contributed by atoms with van der Waals surface area (Å²) in [5.74, 6) is 0. The maximum Gasteiger partial charge on any atom is 0.228 e. The molecule has 0 aliphatic carbocycles. The summed E-state index contributed by atoms with van der Waals surface area (Å²) in [5, 5.41) is 0. The van der Waals surface area contributed by atoms with Crippen LogP contribution in [-0.2, 0) is 5.41 Å². The van der Waals surface area contributed by atoms with Gasteiger partial charge in [0.15, 0.2) is 0 Å². The minimum Gasteiger partial charge on any atom is -0.112 e. The van der Waals surface area contributed by atoms with Gasteiger partial charge in [0.1, 0.15) is 0 Å². The topological polar surface area (TPSA) is 0 Å². The van der Waals surface area contributed by atoms with Crippen molar-refractivity contribution in [2.45, 2.75) is 31.1 Å². The first kappa shape index (κ1) is 14.1. The molecule has 0 bridgehead atoms. The second kappa shape index (κ2) is 3.07. The fraction of sp³-hybridized carbons (Fsp3) is 0.400. The van der Waals surface area contributed by atoms with E-state index in [2.05, 4.69) is 0 Å². The van der Waals surface area contributed by atoms with Crippen LogP contribution < -0.4 is 0 Å². The minimum atomic E-state index is -8.05. The molecule has 0 unspecified atom stereocenters. The van der Waals surface area contributed by atoms with Crippen LogP contribution >= 0.6 is 28.2 Å². The number of benzene rings is 1. The number of hydrogen-bond donors (Lipinski definition) is 0. The summed E-state index contributed by atoms with van der Waals surface area (Å²) in [7, 11) is -8.05. The van der Waals surface area contributed by atoms with Crippen LogP contribution in [0.25, 0.3) is 0 Å². The van der Waals surface area contributed by atoms with Crippen LogP contribution in [0, 0.1) is 0 Å². The zero-order valence-corrected chi connectivity index (χ0v) is 12.1. The van der Waals surface area contributed by atoms with Gasteiger partial charge in [0.05, 0.1) is 26.1 Å².